The Labute approximate surface area is 191 Å². The van der Waals surface area contributed by atoms with Crippen molar-refractivity contribution in [1.29, 1.82) is 0 Å². The molecular weight excluding hydrogens is 404 g/mol. The number of aryl methyl sites for hydroxylation is 1. The van der Waals surface area contributed by atoms with Crippen LogP contribution >= 0.6 is 0 Å². The van der Waals surface area contributed by atoms with Crippen molar-refractivity contribution in [2.45, 2.75) is 39.5 Å². The minimum Gasteiger partial charge on any atom is -0.497 e. The van der Waals surface area contributed by atoms with Crippen molar-refractivity contribution in [2.24, 2.45) is 0 Å². The third-order valence-corrected chi connectivity index (χ3v) is 5.79. The van der Waals surface area contributed by atoms with Crippen LogP contribution in [-0.2, 0) is 21.4 Å². The van der Waals surface area contributed by atoms with Crippen molar-refractivity contribution in [3.05, 3.63) is 59.2 Å². The number of piperazine rings is 1. The van der Waals surface area contributed by atoms with E-state index in [-0.39, 0.29) is 23.8 Å². The number of carbonyl (C=O) groups excluding carboxylic acids is 2. The summed E-state index contributed by atoms with van der Waals surface area (Å²) in [5, 5.41) is 0. The van der Waals surface area contributed by atoms with Crippen LogP contribution in [0.2, 0.25) is 0 Å². The van der Waals surface area contributed by atoms with Crippen LogP contribution < -0.4 is 9.47 Å². The molecule has 0 N–H and O–H groups in total. The molecule has 0 saturated carbocycles. The highest BCUT2D eigenvalue weighted by molar-refractivity contribution is 5.80. The standard InChI is InChI=1S/C26H34N2O4/c1-19-6-11-23(22(16-19)26(2,3)4)32-18-25(30)28-14-12-27(13-15-28)24(29)17-20-7-9-21(31-5)10-8-20/h6-11,16H,12-15,17-18H2,1-5H3. The van der Waals surface area contributed by atoms with E-state index in [2.05, 4.69) is 33.8 Å². The van der Waals surface area contributed by atoms with Crippen molar-refractivity contribution in [2.75, 3.05) is 39.9 Å². The van der Waals surface area contributed by atoms with E-state index >= 15 is 0 Å². The molecule has 6 heteroatoms. The van der Waals surface area contributed by atoms with Gasteiger partial charge in [0.15, 0.2) is 6.61 Å². The van der Waals surface area contributed by atoms with Crippen molar-refractivity contribution in [3.8, 4) is 11.5 Å². The van der Waals surface area contributed by atoms with Gasteiger partial charge in [0.25, 0.3) is 5.91 Å². The van der Waals surface area contributed by atoms with Gasteiger partial charge in [-0.15, -0.1) is 0 Å². The molecule has 1 heterocycles. The molecule has 0 bridgehead atoms. The molecule has 0 radical (unpaired) electrons. The lowest BCUT2D eigenvalue weighted by atomic mass is 9.85. The first-order chi connectivity index (χ1) is 15.2. The fourth-order valence-corrected chi connectivity index (χ4v) is 3.82. The van der Waals surface area contributed by atoms with Gasteiger partial charge in [0.05, 0.1) is 13.5 Å². The minimum atomic E-state index is -0.0692. The van der Waals surface area contributed by atoms with Gasteiger partial charge in [-0.2, -0.15) is 0 Å². The normalized spacial score (nSPS) is 14.3. The Balaban J connectivity index is 1.50. The van der Waals surface area contributed by atoms with Crippen LogP contribution in [0.25, 0.3) is 0 Å². The van der Waals surface area contributed by atoms with Crippen LogP contribution in [0.5, 0.6) is 11.5 Å². The Hall–Kier alpha value is -3.02. The maximum Gasteiger partial charge on any atom is 0.260 e. The molecular formula is C26H34N2O4. The molecule has 1 aliphatic rings. The number of hydrogen-bond donors (Lipinski definition) is 0. The Bertz CT molecular complexity index is 939. The van der Waals surface area contributed by atoms with Gasteiger partial charge in [-0.1, -0.05) is 50.6 Å². The van der Waals surface area contributed by atoms with Crippen molar-refractivity contribution in [3.63, 3.8) is 0 Å². The maximum absolute atomic E-state index is 12.7. The van der Waals surface area contributed by atoms with Crippen molar-refractivity contribution >= 4 is 11.8 Å². The number of rotatable bonds is 6. The number of methoxy groups -OCH3 is 1. The molecule has 172 valence electrons. The molecule has 0 atom stereocenters. The second-order valence-corrected chi connectivity index (χ2v) is 9.32. The van der Waals surface area contributed by atoms with E-state index in [4.69, 9.17) is 9.47 Å². The summed E-state index contributed by atoms with van der Waals surface area (Å²) in [4.78, 5) is 29.0. The number of nitrogens with zero attached hydrogens (tertiary/aromatic N) is 2. The SMILES string of the molecule is COc1ccc(CC(=O)N2CCN(C(=O)COc3ccc(C)cc3C(C)(C)C)CC2)cc1. The molecule has 2 aromatic rings. The van der Waals surface area contributed by atoms with Crippen LogP contribution in [0.15, 0.2) is 42.5 Å². The Kier molecular flexibility index (Phi) is 7.44. The molecule has 0 aliphatic carbocycles. The number of carbonyl (C=O) groups is 2. The summed E-state index contributed by atoms with van der Waals surface area (Å²) in [6, 6.07) is 13.6. The number of benzene rings is 2. The summed E-state index contributed by atoms with van der Waals surface area (Å²) in [5.74, 6) is 1.56. The molecule has 6 nitrogen and oxygen atoms in total. The van der Waals surface area contributed by atoms with Gasteiger partial charge in [-0.3, -0.25) is 9.59 Å². The van der Waals surface area contributed by atoms with E-state index in [0.29, 0.717) is 32.6 Å². The van der Waals surface area contributed by atoms with Gasteiger partial charge in [-0.25, -0.2) is 0 Å². The zero-order valence-electron chi connectivity index (χ0n) is 19.8. The molecule has 1 saturated heterocycles. The predicted octanol–water partition coefficient (Wildman–Crippen LogP) is 3.59. The highest BCUT2D eigenvalue weighted by Crippen LogP contribution is 2.32. The molecule has 0 unspecified atom stereocenters. The first kappa shape index (κ1) is 23.6. The predicted molar refractivity (Wildman–Crippen MR) is 125 cm³/mol. The van der Waals surface area contributed by atoms with Crippen LogP contribution in [-0.4, -0.2) is 61.5 Å². The third kappa shape index (κ3) is 6.02. The van der Waals surface area contributed by atoms with E-state index in [1.807, 2.05) is 41.3 Å². The van der Waals surface area contributed by atoms with E-state index in [9.17, 15) is 9.59 Å². The summed E-state index contributed by atoms with van der Waals surface area (Å²) in [6.45, 7) is 10.6. The number of hydrogen-bond acceptors (Lipinski definition) is 4. The van der Waals surface area contributed by atoms with Crippen LogP contribution in [0.4, 0.5) is 0 Å². The Morgan fingerprint density at radius 3 is 2.06 bits per heavy atom. The monoisotopic (exact) mass is 438 g/mol. The van der Waals surface area contributed by atoms with Gasteiger partial charge in [0.1, 0.15) is 11.5 Å². The van der Waals surface area contributed by atoms with Gasteiger partial charge in [0.2, 0.25) is 5.91 Å². The number of amides is 2. The van der Waals surface area contributed by atoms with Crippen LogP contribution in [0.3, 0.4) is 0 Å². The zero-order valence-corrected chi connectivity index (χ0v) is 19.8. The summed E-state index contributed by atoms with van der Waals surface area (Å²) in [7, 11) is 1.62. The second kappa shape index (κ2) is 10.1. The Morgan fingerprint density at radius 2 is 1.50 bits per heavy atom. The molecule has 2 aromatic carbocycles. The fourth-order valence-electron chi connectivity index (χ4n) is 3.82. The van der Waals surface area contributed by atoms with Crippen molar-refractivity contribution in [1.82, 2.24) is 9.80 Å². The van der Waals surface area contributed by atoms with E-state index in [1.54, 1.807) is 12.0 Å². The Morgan fingerprint density at radius 1 is 0.906 bits per heavy atom. The average Bonchev–Trinajstić information content (AvgIpc) is 2.78. The van der Waals surface area contributed by atoms with Gasteiger partial charge < -0.3 is 19.3 Å². The number of ether oxygens (including phenoxy) is 2. The molecule has 1 aliphatic heterocycles. The largest absolute Gasteiger partial charge is 0.497 e. The minimum absolute atomic E-state index is 0.00589. The molecule has 2 amide bonds. The lowest BCUT2D eigenvalue weighted by Gasteiger charge is -2.35. The second-order valence-electron chi connectivity index (χ2n) is 9.32. The van der Waals surface area contributed by atoms with Crippen LogP contribution in [0.1, 0.15) is 37.5 Å². The molecule has 0 spiro atoms. The third-order valence-electron chi connectivity index (χ3n) is 5.79. The fraction of sp³-hybridized carbons (Fsp3) is 0.462. The molecule has 0 aromatic heterocycles. The first-order valence-corrected chi connectivity index (χ1v) is 11.1. The smallest absolute Gasteiger partial charge is 0.260 e. The molecule has 3 rings (SSSR count). The topological polar surface area (TPSA) is 59.1 Å². The summed E-state index contributed by atoms with van der Waals surface area (Å²) in [6.07, 6.45) is 0.351. The summed E-state index contributed by atoms with van der Waals surface area (Å²) >= 11 is 0. The van der Waals surface area contributed by atoms with Crippen molar-refractivity contribution < 1.29 is 19.1 Å². The van der Waals surface area contributed by atoms with Gasteiger partial charge >= 0.3 is 0 Å². The quantitative estimate of drug-likeness (QED) is 0.692. The van der Waals surface area contributed by atoms with E-state index in [0.717, 1.165) is 22.6 Å². The lowest BCUT2D eigenvalue weighted by Crippen LogP contribution is -2.52. The molecule has 32 heavy (non-hydrogen) atoms. The van der Waals surface area contributed by atoms with E-state index in [1.165, 1.54) is 5.56 Å². The summed E-state index contributed by atoms with van der Waals surface area (Å²) < 4.78 is 11.1. The first-order valence-electron chi connectivity index (χ1n) is 11.1. The summed E-state index contributed by atoms with van der Waals surface area (Å²) in [5.41, 5.74) is 3.15. The van der Waals surface area contributed by atoms with Gasteiger partial charge in [0, 0.05) is 26.2 Å². The zero-order chi connectivity index (χ0) is 23.3. The maximum atomic E-state index is 12.7. The highest BCUT2D eigenvalue weighted by atomic mass is 16.5. The molecule has 1 fully saturated rings. The highest BCUT2D eigenvalue weighted by Gasteiger charge is 2.25. The van der Waals surface area contributed by atoms with E-state index < -0.39 is 0 Å². The lowest BCUT2D eigenvalue weighted by molar-refractivity contribution is -0.140. The van der Waals surface area contributed by atoms with Crippen LogP contribution in [0, 0.1) is 6.92 Å². The average molecular weight is 439 g/mol. The van der Waals surface area contributed by atoms with Gasteiger partial charge in [-0.05, 0) is 41.7 Å².